The van der Waals surface area contributed by atoms with Gasteiger partial charge in [0, 0.05) is 89.2 Å². The Hall–Kier alpha value is -8.23. The molecule has 0 saturated heterocycles. The number of aromatic nitrogens is 6. The van der Waals surface area contributed by atoms with Crippen LogP contribution in [0.25, 0.3) is 68.7 Å². The van der Waals surface area contributed by atoms with E-state index in [9.17, 15) is 0 Å². The average molecular weight is 1660 g/mol. The molecule has 13 rings (SSSR count). The van der Waals surface area contributed by atoms with Crippen molar-refractivity contribution >= 4 is 111 Å². The van der Waals surface area contributed by atoms with Crippen LogP contribution in [0.15, 0.2) is 200 Å². The van der Waals surface area contributed by atoms with Gasteiger partial charge in [-0.1, -0.05) is 246 Å². The van der Waals surface area contributed by atoms with Gasteiger partial charge in [-0.25, -0.2) is 9.97 Å². The Bertz CT molecular complexity index is 4440. The van der Waals surface area contributed by atoms with E-state index in [0.717, 1.165) is 153 Å². The normalized spacial score (nSPS) is 11.9. The number of benzene rings is 7. The molecule has 2 radical (unpaired) electrons. The van der Waals surface area contributed by atoms with Crippen molar-refractivity contribution in [2.45, 2.75) is 148 Å². The number of nitrogens with zero attached hydrogens (tertiary/aromatic N) is 8. The van der Waals surface area contributed by atoms with Gasteiger partial charge in [-0.2, -0.15) is 5.10 Å². The third kappa shape index (κ3) is 18.2. The van der Waals surface area contributed by atoms with E-state index < -0.39 is 0 Å². The van der Waals surface area contributed by atoms with Gasteiger partial charge in [-0.3, -0.25) is 0 Å². The summed E-state index contributed by atoms with van der Waals surface area (Å²) in [4.78, 5) is 25.6. The van der Waals surface area contributed by atoms with Crippen LogP contribution in [-0.4, -0.2) is 27.6 Å². The molecule has 2 aliphatic rings. The SMILES string of the molecule is CCC1=C(CC)c2cc3[n-]c(cc4nc(cc5[n-]c(cc1n2)c(CC)c5CC)C(CC)=C4CC)c(CC)c3CC.Cc1ccc(N(c2ccc(C)cc2)c2ccc(/C=C/c3ccc(/C=C/c4ccc(N(c5ccc(C)cc5)c5ccc(C)cc5)cc4)cc3)cc2)cc1.[BH]n1nc(C)cc1C.[Eu].[Pt+2]. The van der Waals surface area contributed by atoms with E-state index in [1.54, 1.807) is 4.59 Å². The molecule has 6 heterocycles. The molecule has 7 aromatic carbocycles. The molecule has 0 saturated carbocycles. The van der Waals surface area contributed by atoms with Crippen LogP contribution in [0.1, 0.15) is 182 Å². The maximum absolute atomic E-state index is 5.25. The number of fused-ring (bicyclic) bond motifs is 8. The first-order valence-corrected chi connectivity index (χ1v) is 36.0. The van der Waals surface area contributed by atoms with E-state index in [2.05, 4.69) is 324 Å². The molecule has 11 aromatic rings. The fourth-order valence-corrected chi connectivity index (χ4v) is 13.8. The first-order chi connectivity index (χ1) is 48.5. The zero-order valence-electron chi connectivity index (χ0n) is 62.0. The predicted octanol–water partition coefficient (Wildman–Crippen LogP) is 23.6. The second-order valence-corrected chi connectivity index (χ2v) is 26.2. The fourth-order valence-electron chi connectivity index (χ4n) is 13.8. The first kappa shape index (κ1) is 77.9. The minimum atomic E-state index is 0. The van der Waals surface area contributed by atoms with E-state index in [-0.39, 0.29) is 70.4 Å². The molecule has 8 bridgehead atoms. The van der Waals surface area contributed by atoms with Crippen molar-refractivity contribution in [2.75, 3.05) is 9.80 Å². The van der Waals surface area contributed by atoms with Gasteiger partial charge in [0.05, 0.1) is 28.5 Å². The molecule has 0 spiro atoms. The van der Waals surface area contributed by atoms with Gasteiger partial charge in [0.1, 0.15) is 0 Å². The van der Waals surface area contributed by atoms with Crippen LogP contribution in [0.5, 0.6) is 0 Å². The van der Waals surface area contributed by atoms with E-state index in [1.807, 2.05) is 19.9 Å². The van der Waals surface area contributed by atoms with Crippen molar-refractivity contribution in [2.24, 2.45) is 0 Å². The third-order valence-corrected chi connectivity index (χ3v) is 19.3. The molecule has 11 heteroatoms. The van der Waals surface area contributed by atoms with E-state index in [1.165, 1.54) is 77.9 Å². The molecule has 0 aliphatic carbocycles. The number of aryl methyl sites for hydroxylation is 10. The van der Waals surface area contributed by atoms with E-state index >= 15 is 0 Å². The largest absolute Gasteiger partial charge is 2.00 e. The molecule has 0 unspecified atom stereocenters. The Morgan fingerprint density at radius 3 is 0.716 bits per heavy atom. The Morgan fingerprint density at radius 2 is 0.539 bits per heavy atom. The van der Waals surface area contributed by atoms with E-state index in [0.29, 0.717) is 0 Å². The molecule has 4 aromatic heterocycles. The van der Waals surface area contributed by atoms with Gasteiger partial charge in [0.2, 0.25) is 0 Å². The van der Waals surface area contributed by atoms with Crippen LogP contribution in [-0.2, 0) is 46.7 Å². The van der Waals surface area contributed by atoms with Gasteiger partial charge in [-0.05, 0) is 216 Å². The second-order valence-electron chi connectivity index (χ2n) is 26.2. The number of allylic oxidation sites excluding steroid dienone is 4. The quantitative estimate of drug-likeness (QED) is 0.0626. The van der Waals surface area contributed by atoms with Gasteiger partial charge < -0.3 is 24.4 Å². The summed E-state index contributed by atoms with van der Waals surface area (Å²) in [7, 11) is 3.65. The maximum atomic E-state index is 5.25. The zero-order chi connectivity index (χ0) is 70.6. The molecule has 8 nitrogen and oxygen atoms in total. The average Bonchev–Trinajstić information content (AvgIpc) is 1.60. The van der Waals surface area contributed by atoms with Gasteiger partial charge in [0.25, 0.3) is 7.98 Å². The predicted molar refractivity (Wildman–Crippen MR) is 431 cm³/mol. The molecular weight excluding hydrogens is 1560 g/mol. The molecule has 0 amide bonds. The molecule has 0 N–H and O–H groups in total. The standard InChI is InChI=1S/C50H44N2.C36H44N4.C5H8BN2.Eu.Pt/c1-37-5-25-45(26-6-37)51(46-27-7-38(2)8-28-46)49-33-21-43(22-34-49)19-17-41-13-15-42(16-14-41)18-20-44-23-35-50(36-24-44)52(47-29-9-39(3)10-30-47)48-31-11-40(4)12-32-48;1-9-21-22(10-2)30-18-32-25(13-5)26(14-6)34(39-32)20-36-28(16-8)27(15-7)35(40-36)19-33-24(12-4)23(11-3)31(38-33)17-29(21)37-30;1-4-3-5(2)8(6)7-4;;/h5-36H,1-4H3;17-20H,9-16H2,1-8H3;3,6H,1-2H3;;/q;-2;;;+2/b19-17+,20-18+;;;;. The summed E-state index contributed by atoms with van der Waals surface area (Å²) in [6.07, 6.45) is 16.3. The Kier molecular flexibility index (Phi) is 27.7. The Balaban J connectivity index is 0.000000215. The van der Waals surface area contributed by atoms with Crippen molar-refractivity contribution in [3.8, 4) is 0 Å². The minimum absolute atomic E-state index is 0. The van der Waals surface area contributed by atoms with Crippen LogP contribution in [0.2, 0.25) is 0 Å². The minimum Gasteiger partial charge on any atom is -0.657 e. The molecule has 520 valence electrons. The zero-order valence-corrected chi connectivity index (χ0v) is 66.7. The van der Waals surface area contributed by atoms with Crippen molar-refractivity contribution in [1.29, 1.82) is 0 Å². The summed E-state index contributed by atoms with van der Waals surface area (Å²) < 4.78 is 1.62. The molecule has 0 fully saturated rings. The summed E-state index contributed by atoms with van der Waals surface area (Å²) in [6, 6.07) is 72.0. The van der Waals surface area contributed by atoms with Crippen LogP contribution in [0.4, 0.5) is 34.1 Å². The van der Waals surface area contributed by atoms with Crippen molar-refractivity contribution in [3.63, 3.8) is 0 Å². The van der Waals surface area contributed by atoms with Crippen LogP contribution < -0.4 is 19.8 Å². The van der Waals surface area contributed by atoms with Gasteiger partial charge in [-0.15, -0.1) is 22.1 Å². The summed E-state index contributed by atoms with van der Waals surface area (Å²) in [5.74, 6) is 0. The van der Waals surface area contributed by atoms with Crippen molar-refractivity contribution in [3.05, 3.63) is 301 Å². The summed E-state index contributed by atoms with van der Waals surface area (Å²) in [5, 5.41) is 4.02. The van der Waals surface area contributed by atoms with Gasteiger partial charge in [0.15, 0.2) is 0 Å². The first-order valence-electron chi connectivity index (χ1n) is 36.0. The van der Waals surface area contributed by atoms with Crippen LogP contribution in [0.3, 0.4) is 0 Å². The van der Waals surface area contributed by atoms with Crippen LogP contribution >= 0.6 is 0 Å². The summed E-state index contributed by atoms with van der Waals surface area (Å²) in [5.41, 5.74) is 37.8. The molecule has 102 heavy (non-hydrogen) atoms. The number of rotatable bonds is 18. The molecule has 0 atom stereocenters. The summed E-state index contributed by atoms with van der Waals surface area (Å²) in [6.45, 7) is 30.4. The van der Waals surface area contributed by atoms with Gasteiger partial charge >= 0.3 is 21.1 Å². The van der Waals surface area contributed by atoms with E-state index in [4.69, 9.17) is 19.9 Å². The fraction of sp³-hybridized carbons (Fsp3) is 0.242. The number of hydrogen-bond acceptors (Lipinski definition) is 5. The summed E-state index contributed by atoms with van der Waals surface area (Å²) >= 11 is 0. The molecule has 2 aliphatic heterocycles. The number of anilines is 6. The smallest absolute Gasteiger partial charge is 0.657 e. The third-order valence-electron chi connectivity index (χ3n) is 19.3. The maximum Gasteiger partial charge on any atom is 2.00 e. The van der Waals surface area contributed by atoms with Crippen molar-refractivity contribution in [1.82, 2.24) is 29.6 Å². The Morgan fingerprint density at radius 1 is 0.324 bits per heavy atom. The van der Waals surface area contributed by atoms with Crippen molar-refractivity contribution < 1.29 is 70.4 Å². The topological polar surface area (TPSA) is 78.3 Å². The second kappa shape index (κ2) is 36.3. The molecular formula is C91H96BEuN8Pt. The van der Waals surface area contributed by atoms with Crippen LogP contribution in [0, 0.1) is 90.9 Å². The Labute approximate surface area is 663 Å². The number of hydrogen-bond donors (Lipinski definition) is 0. The monoisotopic (exact) mass is 1660 g/mol.